The Morgan fingerprint density at radius 1 is 1.44 bits per heavy atom. The van der Waals surface area contributed by atoms with E-state index in [0.717, 1.165) is 6.54 Å². The molecule has 2 nitrogen and oxygen atoms in total. The molecular weight excluding hydrogens is 172 g/mol. The van der Waals surface area contributed by atoms with Crippen LogP contribution in [-0.4, -0.2) is 50.1 Å². The van der Waals surface area contributed by atoms with Crippen LogP contribution in [0.4, 0.5) is 0 Å². The van der Waals surface area contributed by atoms with Crippen LogP contribution < -0.4 is 0 Å². The van der Waals surface area contributed by atoms with Gasteiger partial charge >= 0.3 is 67.5 Å². The molecule has 0 rings (SSSR count). The van der Waals surface area contributed by atoms with Gasteiger partial charge < -0.3 is 0 Å². The van der Waals surface area contributed by atoms with Crippen LogP contribution >= 0.6 is 0 Å². The maximum absolute atomic E-state index is 5.27. The molecule has 0 saturated heterocycles. The molecule has 0 aliphatic rings. The molecule has 0 amide bonds. The molecule has 0 aromatic rings. The average Bonchev–Trinajstić information content (AvgIpc) is 1.63. The Kier molecular flexibility index (Phi) is 3.88. The van der Waals surface area contributed by atoms with Crippen molar-refractivity contribution in [3.05, 3.63) is 0 Å². The molecule has 0 fully saturated rings. The molecule has 0 bridgehead atoms. The van der Waals surface area contributed by atoms with Crippen LogP contribution in [0.15, 0.2) is 0 Å². The van der Waals surface area contributed by atoms with Gasteiger partial charge in [0.05, 0.1) is 0 Å². The SMILES string of the molecule is CN(C)CC(C)(C)[O][Ga]. The maximum atomic E-state index is 5.27. The number of hydrogen-bond acceptors (Lipinski definition) is 2. The van der Waals surface area contributed by atoms with Gasteiger partial charge in [-0.05, 0) is 0 Å². The van der Waals surface area contributed by atoms with E-state index in [9.17, 15) is 0 Å². The van der Waals surface area contributed by atoms with Gasteiger partial charge in [0.1, 0.15) is 0 Å². The monoisotopic (exact) mass is 185 g/mol. The van der Waals surface area contributed by atoms with E-state index >= 15 is 0 Å². The molecule has 0 heterocycles. The number of nitrogens with zero attached hydrogens (tertiary/aromatic N) is 1. The predicted molar refractivity (Wildman–Crippen MR) is 39.5 cm³/mol. The summed E-state index contributed by atoms with van der Waals surface area (Å²) in [5.74, 6) is 0. The predicted octanol–water partition coefficient (Wildman–Crippen LogP) is 0.427. The quantitative estimate of drug-likeness (QED) is 0.592. The fourth-order valence-electron chi connectivity index (χ4n) is 0.799. The zero-order valence-electron chi connectivity index (χ0n) is 6.64. The van der Waals surface area contributed by atoms with Crippen molar-refractivity contribution >= 4 is 19.0 Å². The topological polar surface area (TPSA) is 12.5 Å². The Morgan fingerprint density at radius 2 is 1.89 bits per heavy atom. The molecule has 0 N–H and O–H groups in total. The van der Waals surface area contributed by atoms with Gasteiger partial charge in [-0.15, -0.1) is 0 Å². The first-order valence-corrected chi connectivity index (χ1v) is 3.99. The van der Waals surface area contributed by atoms with Crippen LogP contribution in [0, 0.1) is 0 Å². The van der Waals surface area contributed by atoms with Crippen LogP contribution in [0.3, 0.4) is 0 Å². The molecule has 52 valence electrons. The summed E-state index contributed by atoms with van der Waals surface area (Å²) >= 11 is 1.33. The van der Waals surface area contributed by atoms with Crippen molar-refractivity contribution in [3.63, 3.8) is 0 Å². The Hall–Kier alpha value is 0.556. The molecular formula is C6H14GaNO. The van der Waals surface area contributed by atoms with Gasteiger partial charge in [0.2, 0.25) is 0 Å². The van der Waals surface area contributed by atoms with E-state index in [1.54, 1.807) is 0 Å². The van der Waals surface area contributed by atoms with Gasteiger partial charge in [0.15, 0.2) is 0 Å². The molecule has 0 saturated carbocycles. The molecule has 3 heteroatoms. The first-order chi connectivity index (χ1) is 3.98. The van der Waals surface area contributed by atoms with Crippen molar-refractivity contribution in [2.75, 3.05) is 20.6 Å². The minimum atomic E-state index is 0.0174. The standard InChI is InChI=1S/C6H14NO.Ga/c1-6(2,8)5-7(3)4;/h5H2,1-4H3;/q-1;+1. The van der Waals surface area contributed by atoms with Crippen molar-refractivity contribution in [3.8, 4) is 0 Å². The van der Waals surface area contributed by atoms with Crippen molar-refractivity contribution < 1.29 is 3.53 Å². The normalized spacial score (nSPS) is 12.6. The summed E-state index contributed by atoms with van der Waals surface area (Å²) in [6, 6.07) is 0. The second-order valence-corrected chi connectivity index (χ2v) is 3.61. The Balaban J connectivity index is 3.58. The van der Waals surface area contributed by atoms with E-state index in [-0.39, 0.29) is 5.60 Å². The molecule has 2 radical (unpaired) electrons. The summed E-state index contributed by atoms with van der Waals surface area (Å²) in [5.41, 5.74) is 0.0174. The van der Waals surface area contributed by atoms with Crippen LogP contribution in [0.2, 0.25) is 0 Å². The van der Waals surface area contributed by atoms with Gasteiger partial charge in [0.25, 0.3) is 0 Å². The van der Waals surface area contributed by atoms with Gasteiger partial charge in [-0.2, -0.15) is 0 Å². The van der Waals surface area contributed by atoms with E-state index in [2.05, 4.69) is 18.7 Å². The van der Waals surface area contributed by atoms with Crippen molar-refractivity contribution in [2.24, 2.45) is 0 Å². The summed E-state index contributed by atoms with van der Waals surface area (Å²) in [4.78, 5) is 2.12. The zero-order chi connectivity index (χ0) is 7.49. The molecule has 0 unspecified atom stereocenters. The minimum absolute atomic E-state index is 0.0174. The summed E-state index contributed by atoms with van der Waals surface area (Å²) in [6.07, 6.45) is 0. The fraction of sp³-hybridized carbons (Fsp3) is 1.00. The average molecular weight is 186 g/mol. The van der Waals surface area contributed by atoms with Gasteiger partial charge in [-0.25, -0.2) is 0 Å². The molecule has 9 heavy (non-hydrogen) atoms. The van der Waals surface area contributed by atoms with Gasteiger partial charge in [-0.3, -0.25) is 0 Å². The summed E-state index contributed by atoms with van der Waals surface area (Å²) in [6.45, 7) is 5.16. The molecule has 0 aliphatic heterocycles. The first kappa shape index (κ1) is 9.56. The Morgan fingerprint density at radius 3 is 2.00 bits per heavy atom. The first-order valence-electron chi connectivity index (χ1n) is 3.00. The van der Waals surface area contributed by atoms with E-state index in [1.807, 2.05) is 14.1 Å². The van der Waals surface area contributed by atoms with Crippen molar-refractivity contribution in [1.82, 2.24) is 4.90 Å². The van der Waals surface area contributed by atoms with E-state index in [1.165, 1.54) is 19.0 Å². The number of rotatable bonds is 3. The van der Waals surface area contributed by atoms with Gasteiger partial charge in [-0.1, -0.05) is 0 Å². The Bertz CT molecular complexity index is 83.1. The van der Waals surface area contributed by atoms with Crippen LogP contribution in [0.1, 0.15) is 13.8 Å². The third kappa shape index (κ3) is 5.02. The number of hydrogen-bond donors (Lipinski definition) is 0. The third-order valence-electron chi connectivity index (χ3n) is 1.02. The summed E-state index contributed by atoms with van der Waals surface area (Å²) < 4.78 is 5.27. The molecule has 0 aliphatic carbocycles. The van der Waals surface area contributed by atoms with Crippen molar-refractivity contribution in [2.45, 2.75) is 19.4 Å². The third-order valence-corrected chi connectivity index (χ3v) is 2.35. The van der Waals surface area contributed by atoms with Gasteiger partial charge in [0, 0.05) is 0 Å². The molecule has 0 aromatic heterocycles. The van der Waals surface area contributed by atoms with Crippen LogP contribution in [-0.2, 0) is 3.53 Å². The molecule has 0 aromatic carbocycles. The van der Waals surface area contributed by atoms with E-state index in [0.29, 0.717) is 0 Å². The van der Waals surface area contributed by atoms with Crippen LogP contribution in [0.25, 0.3) is 0 Å². The Labute approximate surface area is 67.9 Å². The summed E-state index contributed by atoms with van der Waals surface area (Å²) in [5, 5.41) is 0. The van der Waals surface area contributed by atoms with E-state index in [4.69, 9.17) is 3.53 Å². The molecule has 0 spiro atoms. The van der Waals surface area contributed by atoms with Crippen LogP contribution in [0.5, 0.6) is 0 Å². The molecule has 0 atom stereocenters. The number of likely N-dealkylation sites (N-methyl/N-ethyl adjacent to an activating group) is 1. The summed E-state index contributed by atoms with van der Waals surface area (Å²) in [7, 11) is 4.10. The zero-order valence-corrected chi connectivity index (χ0v) is 9.06. The van der Waals surface area contributed by atoms with E-state index < -0.39 is 0 Å². The second-order valence-electron chi connectivity index (χ2n) is 3.12. The van der Waals surface area contributed by atoms with Crippen molar-refractivity contribution in [1.29, 1.82) is 0 Å². The fourth-order valence-corrected chi connectivity index (χ4v) is 0.955. The second kappa shape index (κ2) is 3.66.